The molecule has 1 aromatic heterocycles. The molecule has 0 amide bonds. The molecule has 1 aromatic carbocycles. The minimum absolute atomic E-state index is 0.00260. The Bertz CT molecular complexity index is 674. The van der Waals surface area contributed by atoms with Crippen LogP contribution in [0.4, 0.5) is 0 Å². The quantitative estimate of drug-likeness (QED) is 0.918. The highest BCUT2D eigenvalue weighted by atomic mass is 16.5. The molecule has 2 aromatic rings. The van der Waals surface area contributed by atoms with E-state index in [1.807, 2.05) is 37.6 Å². The molecule has 5 nitrogen and oxygen atoms in total. The largest absolute Gasteiger partial charge is 0.496 e. The first kappa shape index (κ1) is 15.1. The summed E-state index contributed by atoms with van der Waals surface area (Å²) in [5.74, 6) is -0.0261. The predicted octanol–water partition coefficient (Wildman–Crippen LogP) is 2.49. The molecule has 0 fully saturated rings. The van der Waals surface area contributed by atoms with Gasteiger partial charge in [-0.3, -0.25) is 9.48 Å². The van der Waals surface area contributed by atoms with Crippen LogP contribution in [0.25, 0.3) is 0 Å². The van der Waals surface area contributed by atoms with Crippen LogP contribution in [0, 0.1) is 20.8 Å². The molecule has 0 aliphatic carbocycles. The predicted molar refractivity (Wildman–Crippen MR) is 79.9 cm³/mol. The second-order valence-electron chi connectivity index (χ2n) is 5.19. The van der Waals surface area contributed by atoms with Gasteiger partial charge < -0.3 is 9.84 Å². The van der Waals surface area contributed by atoms with Crippen LogP contribution in [-0.2, 0) is 17.8 Å². The van der Waals surface area contributed by atoms with Crippen molar-refractivity contribution in [2.45, 2.75) is 33.7 Å². The van der Waals surface area contributed by atoms with Crippen LogP contribution in [-0.4, -0.2) is 28.0 Å². The van der Waals surface area contributed by atoms with Crippen LogP contribution in [0.15, 0.2) is 18.2 Å². The molecule has 2 rings (SSSR count). The third-order valence-electron chi connectivity index (χ3n) is 3.62. The molecule has 0 unspecified atom stereocenters. The van der Waals surface area contributed by atoms with Gasteiger partial charge in [-0.2, -0.15) is 5.10 Å². The summed E-state index contributed by atoms with van der Waals surface area (Å²) in [5.41, 5.74) is 4.62. The van der Waals surface area contributed by atoms with Gasteiger partial charge >= 0.3 is 5.97 Å². The SMILES string of the molecule is COc1ccc(C)cc1Cn1nc(C)c(CC(=O)O)c1C. The molecular formula is C16H20N2O3. The normalized spacial score (nSPS) is 10.7. The number of nitrogens with zero attached hydrogens (tertiary/aromatic N) is 2. The average Bonchev–Trinajstić information content (AvgIpc) is 2.66. The lowest BCUT2D eigenvalue weighted by atomic mass is 10.1. The Morgan fingerprint density at radius 2 is 2.05 bits per heavy atom. The lowest BCUT2D eigenvalue weighted by Gasteiger charge is -2.11. The van der Waals surface area contributed by atoms with Crippen LogP contribution < -0.4 is 4.74 Å². The third kappa shape index (κ3) is 3.24. The molecule has 0 bridgehead atoms. The van der Waals surface area contributed by atoms with Gasteiger partial charge in [0.15, 0.2) is 0 Å². The zero-order valence-corrected chi connectivity index (χ0v) is 12.8. The fourth-order valence-corrected chi connectivity index (χ4v) is 2.49. The first-order valence-electron chi connectivity index (χ1n) is 6.80. The fourth-order valence-electron chi connectivity index (χ4n) is 2.49. The Balaban J connectivity index is 2.36. The smallest absolute Gasteiger partial charge is 0.307 e. The van der Waals surface area contributed by atoms with Crippen molar-refractivity contribution >= 4 is 5.97 Å². The van der Waals surface area contributed by atoms with Crippen LogP contribution in [0.5, 0.6) is 5.75 Å². The minimum Gasteiger partial charge on any atom is -0.496 e. The van der Waals surface area contributed by atoms with E-state index in [9.17, 15) is 4.79 Å². The second kappa shape index (κ2) is 5.99. The van der Waals surface area contributed by atoms with Gasteiger partial charge in [-0.05, 0) is 26.8 Å². The van der Waals surface area contributed by atoms with Gasteiger partial charge in [-0.1, -0.05) is 17.7 Å². The Morgan fingerprint density at radius 1 is 1.33 bits per heavy atom. The van der Waals surface area contributed by atoms with Gasteiger partial charge in [0, 0.05) is 16.8 Å². The van der Waals surface area contributed by atoms with Crippen molar-refractivity contribution < 1.29 is 14.6 Å². The van der Waals surface area contributed by atoms with Crippen LogP contribution in [0.3, 0.4) is 0 Å². The molecule has 0 saturated carbocycles. The maximum Gasteiger partial charge on any atom is 0.307 e. The second-order valence-corrected chi connectivity index (χ2v) is 5.19. The summed E-state index contributed by atoms with van der Waals surface area (Å²) in [4.78, 5) is 10.9. The summed E-state index contributed by atoms with van der Waals surface area (Å²) in [6, 6.07) is 6.00. The Kier molecular flexibility index (Phi) is 4.31. The van der Waals surface area contributed by atoms with Crippen molar-refractivity contribution in [1.29, 1.82) is 0 Å². The number of benzene rings is 1. The zero-order chi connectivity index (χ0) is 15.6. The topological polar surface area (TPSA) is 64.4 Å². The number of carboxylic acids is 1. The standard InChI is InChI=1S/C16H20N2O3/c1-10-5-6-15(21-4)13(7-10)9-18-12(3)14(8-16(19)20)11(2)17-18/h5-7H,8-9H2,1-4H3,(H,19,20). The summed E-state index contributed by atoms with van der Waals surface area (Å²) in [7, 11) is 1.64. The lowest BCUT2D eigenvalue weighted by molar-refractivity contribution is -0.136. The van der Waals surface area contributed by atoms with Crippen molar-refractivity contribution in [3.8, 4) is 5.75 Å². The van der Waals surface area contributed by atoms with E-state index < -0.39 is 5.97 Å². The third-order valence-corrected chi connectivity index (χ3v) is 3.62. The molecular weight excluding hydrogens is 268 g/mol. The Hall–Kier alpha value is -2.30. The number of carbonyl (C=O) groups is 1. The van der Waals surface area contributed by atoms with Gasteiger partial charge in [0.25, 0.3) is 0 Å². The minimum atomic E-state index is -0.839. The number of methoxy groups -OCH3 is 1. The maximum absolute atomic E-state index is 10.9. The van der Waals surface area contributed by atoms with Gasteiger partial charge in [0.2, 0.25) is 0 Å². The molecule has 1 heterocycles. The number of ether oxygens (including phenoxy) is 1. The number of hydrogen-bond donors (Lipinski definition) is 1. The number of rotatable bonds is 5. The van der Waals surface area contributed by atoms with Crippen molar-refractivity contribution in [2.24, 2.45) is 0 Å². The van der Waals surface area contributed by atoms with E-state index in [1.165, 1.54) is 0 Å². The Labute approximate surface area is 124 Å². The molecule has 112 valence electrons. The van der Waals surface area contributed by atoms with Crippen molar-refractivity contribution in [3.63, 3.8) is 0 Å². The molecule has 0 aliphatic heterocycles. The fraction of sp³-hybridized carbons (Fsp3) is 0.375. The van der Waals surface area contributed by atoms with E-state index in [0.717, 1.165) is 33.8 Å². The average molecular weight is 288 g/mol. The molecule has 0 saturated heterocycles. The van der Waals surface area contributed by atoms with Gasteiger partial charge in [-0.15, -0.1) is 0 Å². The molecule has 0 aliphatic rings. The summed E-state index contributed by atoms with van der Waals surface area (Å²) in [6.45, 7) is 6.34. The number of aromatic nitrogens is 2. The molecule has 0 atom stereocenters. The van der Waals surface area contributed by atoms with Crippen LogP contribution in [0.1, 0.15) is 28.1 Å². The number of hydrogen-bond acceptors (Lipinski definition) is 3. The highest BCUT2D eigenvalue weighted by Gasteiger charge is 2.15. The highest BCUT2D eigenvalue weighted by Crippen LogP contribution is 2.22. The molecule has 21 heavy (non-hydrogen) atoms. The summed E-state index contributed by atoms with van der Waals surface area (Å²) >= 11 is 0. The number of aryl methyl sites for hydroxylation is 2. The summed E-state index contributed by atoms with van der Waals surface area (Å²) in [5, 5.41) is 13.4. The molecule has 5 heteroatoms. The first-order valence-corrected chi connectivity index (χ1v) is 6.80. The van der Waals surface area contributed by atoms with Crippen LogP contribution >= 0.6 is 0 Å². The van der Waals surface area contributed by atoms with Crippen molar-refractivity contribution in [1.82, 2.24) is 9.78 Å². The van der Waals surface area contributed by atoms with Crippen LogP contribution in [0.2, 0.25) is 0 Å². The summed E-state index contributed by atoms with van der Waals surface area (Å²) < 4.78 is 7.22. The first-order chi connectivity index (χ1) is 9.92. The number of carboxylic acid groups (broad SMARTS) is 1. The van der Waals surface area contributed by atoms with E-state index in [-0.39, 0.29) is 6.42 Å². The zero-order valence-electron chi connectivity index (χ0n) is 12.8. The monoisotopic (exact) mass is 288 g/mol. The van der Waals surface area contributed by atoms with Crippen molar-refractivity contribution in [2.75, 3.05) is 7.11 Å². The van der Waals surface area contributed by atoms with E-state index in [0.29, 0.717) is 6.54 Å². The van der Waals surface area contributed by atoms with E-state index in [1.54, 1.807) is 7.11 Å². The van der Waals surface area contributed by atoms with E-state index in [4.69, 9.17) is 9.84 Å². The Morgan fingerprint density at radius 3 is 2.67 bits per heavy atom. The lowest BCUT2D eigenvalue weighted by Crippen LogP contribution is -2.07. The maximum atomic E-state index is 10.9. The molecule has 1 N–H and O–H groups in total. The molecule has 0 spiro atoms. The van der Waals surface area contributed by atoms with Crippen molar-refractivity contribution in [3.05, 3.63) is 46.3 Å². The van der Waals surface area contributed by atoms with E-state index >= 15 is 0 Å². The van der Waals surface area contributed by atoms with Gasteiger partial charge in [-0.25, -0.2) is 0 Å². The molecule has 0 radical (unpaired) electrons. The van der Waals surface area contributed by atoms with E-state index in [2.05, 4.69) is 11.2 Å². The highest BCUT2D eigenvalue weighted by molar-refractivity contribution is 5.71. The van der Waals surface area contributed by atoms with Gasteiger partial charge in [0.05, 0.1) is 25.8 Å². The number of aliphatic carboxylic acids is 1. The summed E-state index contributed by atoms with van der Waals surface area (Å²) in [6.07, 6.45) is 0.00260. The van der Waals surface area contributed by atoms with Gasteiger partial charge in [0.1, 0.15) is 5.75 Å².